The lowest BCUT2D eigenvalue weighted by molar-refractivity contribution is -0.144. The van der Waals surface area contributed by atoms with E-state index in [-0.39, 0.29) is 23.8 Å². The molecule has 0 spiro atoms. The second-order valence-corrected chi connectivity index (χ2v) is 6.29. The first-order valence-electron chi connectivity index (χ1n) is 9.01. The largest absolute Gasteiger partial charge is 0.465 e. The summed E-state index contributed by atoms with van der Waals surface area (Å²) in [7, 11) is 0. The van der Waals surface area contributed by atoms with Crippen molar-refractivity contribution in [1.29, 1.82) is 0 Å². The van der Waals surface area contributed by atoms with Gasteiger partial charge in [-0.1, -0.05) is 0 Å². The number of carbonyl (C=O) groups excluding carboxylic acids is 1. The van der Waals surface area contributed by atoms with Crippen LogP contribution in [0.25, 0.3) is 28.3 Å². The van der Waals surface area contributed by atoms with Crippen molar-refractivity contribution in [3.63, 3.8) is 0 Å². The topological polar surface area (TPSA) is 91.4 Å². The Morgan fingerprint density at radius 3 is 2.17 bits per heavy atom. The normalized spacial score (nSPS) is 11.0. The van der Waals surface area contributed by atoms with Crippen LogP contribution in [-0.2, 0) is 16.1 Å². The molecule has 0 radical (unpaired) electrons. The Kier molecular flexibility index (Phi) is 5.05. The highest BCUT2D eigenvalue weighted by molar-refractivity contribution is 5.79. The summed E-state index contributed by atoms with van der Waals surface area (Å²) in [5, 5.41) is 12.2. The second-order valence-electron chi connectivity index (χ2n) is 6.29. The molecule has 0 unspecified atom stereocenters. The fourth-order valence-corrected chi connectivity index (χ4v) is 3.01. The van der Waals surface area contributed by atoms with Crippen molar-refractivity contribution in [3.05, 3.63) is 70.6 Å². The summed E-state index contributed by atoms with van der Waals surface area (Å²) in [5.74, 6) is -1.56. The molecule has 0 bridgehead atoms. The van der Waals surface area contributed by atoms with Crippen molar-refractivity contribution >= 4 is 11.7 Å². The number of fused-ring (bicyclic) bond motifs is 1. The molecule has 30 heavy (non-hydrogen) atoms. The van der Waals surface area contributed by atoms with Crippen molar-refractivity contribution in [3.8, 4) is 22.5 Å². The standard InChI is InChI=1S/C20H15F2N5O3/c1-2-30-16(28)11-26-20(29)27-18(13-5-9-15(22)10-6-13)17(23-24-19(27)25-26)12-3-7-14(21)8-4-12/h3-10H,2,11H2,1H3. The monoisotopic (exact) mass is 411 g/mol. The number of benzene rings is 2. The van der Waals surface area contributed by atoms with E-state index in [2.05, 4.69) is 15.3 Å². The summed E-state index contributed by atoms with van der Waals surface area (Å²) in [6.07, 6.45) is 0. The quantitative estimate of drug-likeness (QED) is 0.469. The molecule has 2 aromatic carbocycles. The highest BCUT2D eigenvalue weighted by atomic mass is 19.1. The van der Waals surface area contributed by atoms with Gasteiger partial charge in [0.25, 0.3) is 5.78 Å². The molecule has 10 heteroatoms. The zero-order valence-electron chi connectivity index (χ0n) is 15.7. The SMILES string of the molecule is CCOC(=O)Cn1nc2nnc(-c3ccc(F)cc3)c(-c3ccc(F)cc3)n2c1=O. The first-order valence-corrected chi connectivity index (χ1v) is 9.01. The van der Waals surface area contributed by atoms with Crippen molar-refractivity contribution in [1.82, 2.24) is 24.4 Å². The smallest absolute Gasteiger partial charge is 0.352 e. The van der Waals surface area contributed by atoms with Crippen LogP contribution in [0.3, 0.4) is 0 Å². The third kappa shape index (κ3) is 3.54. The van der Waals surface area contributed by atoms with Crippen molar-refractivity contribution in [2.24, 2.45) is 0 Å². The fraction of sp³-hybridized carbons (Fsp3) is 0.150. The number of aromatic nitrogens is 5. The molecule has 0 atom stereocenters. The molecular formula is C20H15F2N5O3. The van der Waals surface area contributed by atoms with Crippen molar-refractivity contribution in [2.45, 2.75) is 13.5 Å². The van der Waals surface area contributed by atoms with E-state index in [1.165, 1.54) is 52.9 Å². The molecule has 4 aromatic rings. The second kappa shape index (κ2) is 7.82. The van der Waals surface area contributed by atoms with Crippen LogP contribution in [0.5, 0.6) is 0 Å². The number of rotatable bonds is 5. The highest BCUT2D eigenvalue weighted by Gasteiger charge is 2.21. The minimum atomic E-state index is -0.643. The van der Waals surface area contributed by atoms with E-state index < -0.39 is 29.8 Å². The van der Waals surface area contributed by atoms with Gasteiger partial charge in [0.05, 0.1) is 12.3 Å². The van der Waals surface area contributed by atoms with Crippen LogP contribution < -0.4 is 5.69 Å². The van der Waals surface area contributed by atoms with Gasteiger partial charge in [0.15, 0.2) is 0 Å². The van der Waals surface area contributed by atoms with E-state index in [1.807, 2.05) is 0 Å². The minimum Gasteiger partial charge on any atom is -0.465 e. The average molecular weight is 411 g/mol. The molecule has 4 rings (SSSR count). The van der Waals surface area contributed by atoms with E-state index >= 15 is 0 Å². The molecule has 8 nitrogen and oxygen atoms in total. The van der Waals surface area contributed by atoms with Gasteiger partial charge in [-0.3, -0.25) is 4.79 Å². The molecule has 0 amide bonds. The molecule has 0 saturated carbocycles. The van der Waals surface area contributed by atoms with Gasteiger partial charge in [-0.2, -0.15) is 4.68 Å². The zero-order chi connectivity index (χ0) is 21.3. The summed E-state index contributed by atoms with van der Waals surface area (Å²) >= 11 is 0. The summed E-state index contributed by atoms with van der Waals surface area (Å²) in [4.78, 5) is 24.8. The average Bonchev–Trinajstić information content (AvgIpc) is 3.04. The van der Waals surface area contributed by atoms with Gasteiger partial charge < -0.3 is 4.74 Å². The molecule has 0 aliphatic rings. The first-order chi connectivity index (χ1) is 14.5. The van der Waals surface area contributed by atoms with Gasteiger partial charge in [-0.25, -0.2) is 18.0 Å². The van der Waals surface area contributed by atoms with E-state index in [0.717, 1.165) is 4.68 Å². The highest BCUT2D eigenvalue weighted by Crippen LogP contribution is 2.29. The number of nitrogens with zero attached hydrogens (tertiary/aromatic N) is 5. The Balaban J connectivity index is 1.98. The Bertz CT molecular complexity index is 1280. The minimum absolute atomic E-state index is 0.0468. The molecule has 0 aliphatic carbocycles. The van der Waals surface area contributed by atoms with Gasteiger partial charge in [-0.05, 0) is 55.5 Å². The lowest BCUT2D eigenvalue weighted by Gasteiger charge is -2.10. The Labute approximate surface area is 168 Å². The number of halogens is 2. The summed E-state index contributed by atoms with van der Waals surface area (Å²) in [6, 6.07) is 10.9. The Morgan fingerprint density at radius 2 is 1.57 bits per heavy atom. The predicted molar refractivity (Wildman–Crippen MR) is 102 cm³/mol. The summed E-state index contributed by atoms with van der Waals surface area (Å²) in [6.45, 7) is 1.42. The zero-order valence-corrected chi connectivity index (χ0v) is 15.7. The van der Waals surface area contributed by atoms with Crippen LogP contribution in [0.15, 0.2) is 53.3 Å². The molecule has 2 aromatic heterocycles. The molecule has 152 valence electrons. The number of carbonyl (C=O) groups is 1. The van der Waals surface area contributed by atoms with Crippen LogP contribution in [-0.4, -0.2) is 37.0 Å². The lowest BCUT2D eigenvalue weighted by Crippen LogP contribution is -2.26. The fourth-order valence-electron chi connectivity index (χ4n) is 3.01. The van der Waals surface area contributed by atoms with Crippen molar-refractivity contribution in [2.75, 3.05) is 6.61 Å². The van der Waals surface area contributed by atoms with Crippen LogP contribution in [0, 0.1) is 11.6 Å². The molecule has 0 saturated heterocycles. The van der Waals surface area contributed by atoms with Gasteiger partial charge >= 0.3 is 11.7 Å². The predicted octanol–water partition coefficient (Wildman–Crippen LogP) is 2.46. The summed E-state index contributed by atoms with van der Waals surface area (Å²) in [5.41, 5.74) is 0.873. The van der Waals surface area contributed by atoms with Crippen LogP contribution in [0.4, 0.5) is 8.78 Å². The van der Waals surface area contributed by atoms with Gasteiger partial charge in [0.1, 0.15) is 23.9 Å². The third-order valence-electron chi connectivity index (χ3n) is 4.33. The maximum absolute atomic E-state index is 13.5. The molecule has 0 N–H and O–H groups in total. The van der Waals surface area contributed by atoms with E-state index in [9.17, 15) is 18.4 Å². The van der Waals surface area contributed by atoms with E-state index in [4.69, 9.17) is 4.74 Å². The molecule has 0 fully saturated rings. The first kappa shape index (κ1) is 19.4. The van der Waals surface area contributed by atoms with Gasteiger partial charge in [0, 0.05) is 11.1 Å². The number of hydrogen-bond donors (Lipinski definition) is 0. The van der Waals surface area contributed by atoms with Crippen molar-refractivity contribution < 1.29 is 18.3 Å². The lowest BCUT2D eigenvalue weighted by atomic mass is 10.0. The Hall–Kier alpha value is -3.95. The van der Waals surface area contributed by atoms with Crippen LogP contribution >= 0.6 is 0 Å². The number of esters is 1. The maximum atomic E-state index is 13.5. The van der Waals surface area contributed by atoms with Crippen LogP contribution in [0.1, 0.15) is 6.92 Å². The maximum Gasteiger partial charge on any atom is 0.352 e. The van der Waals surface area contributed by atoms with Gasteiger partial charge in [-0.15, -0.1) is 15.3 Å². The third-order valence-corrected chi connectivity index (χ3v) is 4.33. The van der Waals surface area contributed by atoms with E-state index in [1.54, 1.807) is 6.92 Å². The molecular weight excluding hydrogens is 396 g/mol. The number of hydrogen-bond acceptors (Lipinski definition) is 6. The van der Waals surface area contributed by atoms with Gasteiger partial charge in [0.2, 0.25) is 0 Å². The Morgan fingerprint density at radius 1 is 0.967 bits per heavy atom. The molecule has 0 aliphatic heterocycles. The van der Waals surface area contributed by atoms with E-state index in [0.29, 0.717) is 11.1 Å². The number of ether oxygens (including phenoxy) is 1. The summed E-state index contributed by atoms with van der Waals surface area (Å²) < 4.78 is 33.8. The molecule has 2 heterocycles. The van der Waals surface area contributed by atoms with Crippen LogP contribution in [0.2, 0.25) is 0 Å².